The molecule has 0 spiro atoms. The summed E-state index contributed by atoms with van der Waals surface area (Å²) in [6.45, 7) is 11.7. The minimum absolute atomic E-state index is 0.0126. The van der Waals surface area contributed by atoms with Crippen molar-refractivity contribution >= 4 is 0 Å². The molecule has 5 nitrogen and oxygen atoms in total. The Bertz CT molecular complexity index is 381. The molecule has 1 aromatic rings. The summed E-state index contributed by atoms with van der Waals surface area (Å²) in [4.78, 5) is 6.98. The summed E-state index contributed by atoms with van der Waals surface area (Å²) in [7, 11) is 0. The molecule has 2 heterocycles. The lowest BCUT2D eigenvalue weighted by atomic mass is 9.83. The normalized spacial score (nSPS) is 24.0. The summed E-state index contributed by atoms with van der Waals surface area (Å²) in [5, 5.41) is 7.55. The molecule has 0 bridgehead atoms. The van der Waals surface area contributed by atoms with Crippen LogP contribution in [0.2, 0.25) is 0 Å². The van der Waals surface area contributed by atoms with E-state index in [0.717, 1.165) is 57.3 Å². The maximum Gasteiger partial charge on any atom is 0.233 e. The van der Waals surface area contributed by atoms with Gasteiger partial charge in [-0.25, -0.2) is 0 Å². The van der Waals surface area contributed by atoms with Gasteiger partial charge in [-0.1, -0.05) is 19.0 Å². The molecule has 5 heteroatoms. The zero-order valence-corrected chi connectivity index (χ0v) is 12.4. The standard InChI is InChI=1S/C14H26N4O/c1-4-18(5-2)10-7-12-16-13(19-17-12)14(3)8-6-9-15-11-14/h15H,4-11H2,1-3H3. The van der Waals surface area contributed by atoms with Gasteiger partial charge in [-0.3, -0.25) is 0 Å². The maximum absolute atomic E-state index is 5.49. The van der Waals surface area contributed by atoms with E-state index in [0.29, 0.717) is 0 Å². The SMILES string of the molecule is CCN(CC)CCc1noc(C2(C)CCCNC2)n1. The zero-order valence-electron chi connectivity index (χ0n) is 12.4. The fraction of sp³-hybridized carbons (Fsp3) is 0.857. The molecule has 1 fully saturated rings. The van der Waals surface area contributed by atoms with Crippen molar-refractivity contribution in [2.24, 2.45) is 0 Å². The Kier molecular flexibility index (Phi) is 4.93. The third kappa shape index (κ3) is 3.54. The Hall–Kier alpha value is -0.940. The van der Waals surface area contributed by atoms with Crippen molar-refractivity contribution in [3.63, 3.8) is 0 Å². The van der Waals surface area contributed by atoms with E-state index in [1.54, 1.807) is 0 Å². The molecule has 0 aromatic carbocycles. The number of likely N-dealkylation sites (N-methyl/N-ethyl adjacent to an activating group) is 1. The summed E-state index contributed by atoms with van der Waals surface area (Å²) in [5.41, 5.74) is 0.0126. The molecule has 1 aromatic heterocycles. The van der Waals surface area contributed by atoms with Gasteiger partial charge in [0.05, 0.1) is 5.41 Å². The van der Waals surface area contributed by atoms with Crippen LogP contribution >= 0.6 is 0 Å². The largest absolute Gasteiger partial charge is 0.339 e. The molecule has 1 unspecified atom stereocenters. The highest BCUT2D eigenvalue weighted by Gasteiger charge is 2.34. The molecule has 1 aliphatic heterocycles. The van der Waals surface area contributed by atoms with Crippen molar-refractivity contribution in [1.29, 1.82) is 0 Å². The van der Waals surface area contributed by atoms with Gasteiger partial charge in [0.25, 0.3) is 0 Å². The average Bonchev–Trinajstić information content (AvgIpc) is 2.90. The number of hydrogen-bond donors (Lipinski definition) is 1. The molecule has 0 saturated carbocycles. The first-order valence-corrected chi connectivity index (χ1v) is 7.44. The van der Waals surface area contributed by atoms with Crippen molar-refractivity contribution < 1.29 is 4.52 Å². The van der Waals surface area contributed by atoms with Crippen LogP contribution in [0.4, 0.5) is 0 Å². The second kappa shape index (κ2) is 6.48. The van der Waals surface area contributed by atoms with E-state index >= 15 is 0 Å². The lowest BCUT2D eigenvalue weighted by Crippen LogP contribution is -2.41. The maximum atomic E-state index is 5.49. The van der Waals surface area contributed by atoms with E-state index in [1.807, 2.05) is 0 Å². The van der Waals surface area contributed by atoms with E-state index in [2.05, 4.69) is 41.1 Å². The summed E-state index contributed by atoms with van der Waals surface area (Å²) in [6, 6.07) is 0. The van der Waals surface area contributed by atoms with Crippen LogP contribution in [0.25, 0.3) is 0 Å². The van der Waals surface area contributed by atoms with Crippen LogP contribution in [-0.4, -0.2) is 47.8 Å². The Morgan fingerprint density at radius 3 is 2.79 bits per heavy atom. The smallest absolute Gasteiger partial charge is 0.233 e. The van der Waals surface area contributed by atoms with Crippen LogP contribution in [0.5, 0.6) is 0 Å². The predicted molar refractivity (Wildman–Crippen MR) is 75.2 cm³/mol. The van der Waals surface area contributed by atoms with Crippen LogP contribution < -0.4 is 5.32 Å². The molecule has 1 atom stereocenters. The fourth-order valence-electron chi connectivity index (χ4n) is 2.64. The Labute approximate surface area is 115 Å². The zero-order chi connectivity index (χ0) is 13.7. The minimum Gasteiger partial charge on any atom is -0.339 e. The Morgan fingerprint density at radius 1 is 1.37 bits per heavy atom. The lowest BCUT2D eigenvalue weighted by Gasteiger charge is -2.30. The van der Waals surface area contributed by atoms with Gasteiger partial charge < -0.3 is 14.7 Å². The number of nitrogens with one attached hydrogen (secondary N) is 1. The second-order valence-corrected chi connectivity index (χ2v) is 5.63. The Balaban J connectivity index is 1.94. The highest BCUT2D eigenvalue weighted by atomic mass is 16.5. The lowest BCUT2D eigenvalue weighted by molar-refractivity contribution is 0.244. The van der Waals surface area contributed by atoms with Gasteiger partial charge in [0.15, 0.2) is 5.82 Å². The number of rotatable bonds is 6. The van der Waals surface area contributed by atoms with E-state index in [-0.39, 0.29) is 5.41 Å². The van der Waals surface area contributed by atoms with Gasteiger partial charge in [-0.15, -0.1) is 0 Å². The third-order valence-electron chi connectivity index (χ3n) is 4.13. The van der Waals surface area contributed by atoms with E-state index in [9.17, 15) is 0 Å². The highest BCUT2D eigenvalue weighted by Crippen LogP contribution is 2.29. The number of hydrogen-bond acceptors (Lipinski definition) is 5. The van der Waals surface area contributed by atoms with Gasteiger partial charge in [0.2, 0.25) is 5.89 Å². The third-order valence-corrected chi connectivity index (χ3v) is 4.13. The first kappa shape index (κ1) is 14.5. The topological polar surface area (TPSA) is 54.2 Å². The van der Waals surface area contributed by atoms with Crippen molar-refractivity contribution in [2.75, 3.05) is 32.7 Å². The molecule has 19 heavy (non-hydrogen) atoms. The highest BCUT2D eigenvalue weighted by molar-refractivity contribution is 5.06. The van der Waals surface area contributed by atoms with Crippen molar-refractivity contribution in [3.8, 4) is 0 Å². The Morgan fingerprint density at radius 2 is 2.16 bits per heavy atom. The van der Waals surface area contributed by atoms with Gasteiger partial charge in [-0.2, -0.15) is 4.98 Å². The van der Waals surface area contributed by atoms with Crippen LogP contribution in [-0.2, 0) is 11.8 Å². The minimum atomic E-state index is 0.0126. The molecule has 1 aliphatic rings. The first-order valence-electron chi connectivity index (χ1n) is 7.44. The summed E-state index contributed by atoms with van der Waals surface area (Å²) in [6.07, 6.45) is 3.17. The molecule has 0 amide bonds. The van der Waals surface area contributed by atoms with Gasteiger partial charge in [0, 0.05) is 19.5 Å². The van der Waals surface area contributed by atoms with E-state index < -0.39 is 0 Å². The van der Waals surface area contributed by atoms with Crippen LogP contribution in [0.3, 0.4) is 0 Å². The van der Waals surface area contributed by atoms with Gasteiger partial charge >= 0.3 is 0 Å². The molecule has 2 rings (SSSR count). The molecule has 0 aliphatic carbocycles. The second-order valence-electron chi connectivity index (χ2n) is 5.63. The average molecular weight is 266 g/mol. The summed E-state index contributed by atoms with van der Waals surface area (Å²) >= 11 is 0. The van der Waals surface area contributed by atoms with Crippen LogP contribution in [0.1, 0.15) is 45.3 Å². The fourth-order valence-corrected chi connectivity index (χ4v) is 2.64. The molecular formula is C14H26N4O. The summed E-state index contributed by atoms with van der Waals surface area (Å²) in [5.74, 6) is 1.64. The quantitative estimate of drug-likeness (QED) is 0.847. The van der Waals surface area contributed by atoms with Crippen molar-refractivity contribution in [3.05, 3.63) is 11.7 Å². The van der Waals surface area contributed by atoms with E-state index in [1.165, 1.54) is 6.42 Å². The number of piperidine rings is 1. The van der Waals surface area contributed by atoms with Crippen LogP contribution in [0, 0.1) is 0 Å². The van der Waals surface area contributed by atoms with Gasteiger partial charge in [-0.05, 0) is 39.4 Å². The molecular weight excluding hydrogens is 240 g/mol. The molecule has 1 N–H and O–H groups in total. The molecule has 0 radical (unpaired) electrons. The van der Waals surface area contributed by atoms with Crippen LogP contribution in [0.15, 0.2) is 4.52 Å². The van der Waals surface area contributed by atoms with E-state index in [4.69, 9.17) is 4.52 Å². The molecule has 108 valence electrons. The van der Waals surface area contributed by atoms with Crippen molar-refractivity contribution in [1.82, 2.24) is 20.4 Å². The summed E-state index contributed by atoms with van der Waals surface area (Å²) < 4.78 is 5.49. The van der Waals surface area contributed by atoms with Gasteiger partial charge in [0.1, 0.15) is 0 Å². The number of aromatic nitrogens is 2. The van der Waals surface area contributed by atoms with Crippen molar-refractivity contribution in [2.45, 2.75) is 45.4 Å². The number of nitrogens with zero attached hydrogens (tertiary/aromatic N) is 3. The molecule has 1 saturated heterocycles. The monoisotopic (exact) mass is 266 g/mol. The predicted octanol–water partition coefficient (Wildman–Crippen LogP) is 1.59. The first-order chi connectivity index (χ1) is 9.18.